The van der Waals surface area contributed by atoms with E-state index in [2.05, 4.69) is 25.9 Å². The Balaban J connectivity index is 1.42. The second-order valence-electron chi connectivity index (χ2n) is 8.73. The number of rotatable bonds is 7. The van der Waals surface area contributed by atoms with Crippen molar-refractivity contribution in [3.05, 3.63) is 102 Å². The molecule has 1 fully saturated rings. The van der Waals surface area contributed by atoms with Crippen LogP contribution in [-0.2, 0) is 13.2 Å². The zero-order valence-electron chi connectivity index (χ0n) is 19.5. The molecule has 1 saturated heterocycles. The number of nitrogens with two attached hydrogens (primary N) is 1. The summed E-state index contributed by atoms with van der Waals surface area (Å²) in [7, 11) is 0. The summed E-state index contributed by atoms with van der Waals surface area (Å²) in [5, 5.41) is 0. The normalized spacial score (nSPS) is 16.2. The number of ether oxygens (including phenoxy) is 1. The molecule has 0 bridgehead atoms. The minimum absolute atomic E-state index is 0.0675. The number of hydrogen-bond donors (Lipinski definition) is 1. The highest BCUT2D eigenvalue weighted by atomic mass is 19.1. The third kappa shape index (κ3) is 5.46. The van der Waals surface area contributed by atoms with Crippen molar-refractivity contribution in [1.82, 2.24) is 19.9 Å². The first-order chi connectivity index (χ1) is 17.2. The molecule has 4 aromatic rings. The molecule has 6 nitrogen and oxygen atoms in total. The molecule has 0 unspecified atom stereocenters. The van der Waals surface area contributed by atoms with Gasteiger partial charge in [-0.15, -0.1) is 0 Å². The Hall–Kier alpha value is -3.84. The van der Waals surface area contributed by atoms with Gasteiger partial charge in [-0.2, -0.15) is 0 Å². The van der Waals surface area contributed by atoms with Crippen LogP contribution in [0.3, 0.4) is 0 Å². The smallest absolute Gasteiger partial charge is 0.220 e. The van der Waals surface area contributed by atoms with Crippen molar-refractivity contribution >= 4 is 5.95 Å². The largest absolute Gasteiger partial charge is 0.487 e. The molecule has 2 aromatic carbocycles. The van der Waals surface area contributed by atoms with Gasteiger partial charge in [-0.05, 0) is 55.3 Å². The molecule has 2 aromatic heterocycles. The molecule has 0 saturated carbocycles. The lowest BCUT2D eigenvalue weighted by atomic mass is 9.93. The van der Waals surface area contributed by atoms with Crippen LogP contribution in [0.2, 0.25) is 0 Å². The first kappa shape index (κ1) is 22.9. The summed E-state index contributed by atoms with van der Waals surface area (Å²) in [6.07, 6.45) is 6.70. The van der Waals surface area contributed by atoms with E-state index in [0.29, 0.717) is 6.61 Å². The predicted molar refractivity (Wildman–Crippen MR) is 134 cm³/mol. The van der Waals surface area contributed by atoms with E-state index in [9.17, 15) is 4.39 Å². The lowest BCUT2D eigenvalue weighted by Gasteiger charge is -2.36. The Bertz CT molecular complexity index is 1270. The number of pyridine rings is 1. The van der Waals surface area contributed by atoms with Gasteiger partial charge in [0, 0.05) is 30.1 Å². The zero-order valence-corrected chi connectivity index (χ0v) is 19.5. The van der Waals surface area contributed by atoms with Crippen molar-refractivity contribution in [2.24, 2.45) is 0 Å². The summed E-state index contributed by atoms with van der Waals surface area (Å²) >= 11 is 0. The summed E-state index contributed by atoms with van der Waals surface area (Å²) in [5.74, 6) is 0.826. The van der Waals surface area contributed by atoms with Gasteiger partial charge in [0.25, 0.3) is 0 Å². The quantitative estimate of drug-likeness (QED) is 0.382. The van der Waals surface area contributed by atoms with Crippen LogP contribution < -0.4 is 10.5 Å². The molecule has 3 heterocycles. The van der Waals surface area contributed by atoms with Crippen LogP contribution in [0.1, 0.15) is 42.3 Å². The number of para-hydroxylation sites is 1. The van der Waals surface area contributed by atoms with Crippen LogP contribution in [0.5, 0.6) is 5.75 Å². The average Bonchev–Trinajstić information content (AvgIpc) is 2.90. The van der Waals surface area contributed by atoms with Crippen LogP contribution in [0.4, 0.5) is 10.3 Å². The predicted octanol–water partition coefficient (Wildman–Crippen LogP) is 5.57. The summed E-state index contributed by atoms with van der Waals surface area (Å²) in [6, 6.07) is 20.5. The third-order valence-corrected chi connectivity index (χ3v) is 6.37. The standard InChI is InChI=1S/C28H28FN5O/c29-22-13-11-20(12-14-22)24-17-32-28(30)33-27(24)25-9-4-6-16-34(25)18-21-7-1-2-10-26(21)35-19-23-8-3-5-15-31-23/h1-3,5,7-8,10-15,17,25H,4,6,9,16,18-19H2,(H2,30,32,33)/t25-/m0/s1. The molecule has 0 spiro atoms. The monoisotopic (exact) mass is 469 g/mol. The number of nitrogen functional groups attached to an aromatic ring is 1. The van der Waals surface area contributed by atoms with E-state index in [0.717, 1.165) is 66.2 Å². The number of hydrogen-bond acceptors (Lipinski definition) is 6. The zero-order chi connectivity index (χ0) is 24.0. The van der Waals surface area contributed by atoms with Crippen molar-refractivity contribution < 1.29 is 9.13 Å². The fourth-order valence-electron chi connectivity index (χ4n) is 4.63. The Labute approximate surface area is 204 Å². The molecule has 0 aliphatic carbocycles. The Morgan fingerprint density at radius 2 is 1.80 bits per heavy atom. The third-order valence-electron chi connectivity index (χ3n) is 6.37. The van der Waals surface area contributed by atoms with Gasteiger partial charge in [-0.1, -0.05) is 42.8 Å². The van der Waals surface area contributed by atoms with Gasteiger partial charge in [-0.3, -0.25) is 9.88 Å². The highest BCUT2D eigenvalue weighted by molar-refractivity contribution is 5.66. The number of halogens is 1. The highest BCUT2D eigenvalue weighted by Gasteiger charge is 2.29. The molecule has 0 amide bonds. The van der Waals surface area contributed by atoms with Gasteiger partial charge in [0.2, 0.25) is 5.95 Å². The summed E-state index contributed by atoms with van der Waals surface area (Å²) in [5.41, 5.74) is 10.7. The maximum atomic E-state index is 13.6. The summed E-state index contributed by atoms with van der Waals surface area (Å²) in [6.45, 7) is 2.07. The van der Waals surface area contributed by atoms with Gasteiger partial charge in [0.1, 0.15) is 18.2 Å². The molecule has 0 radical (unpaired) electrons. The average molecular weight is 470 g/mol. The molecular weight excluding hydrogens is 441 g/mol. The minimum atomic E-state index is -0.270. The summed E-state index contributed by atoms with van der Waals surface area (Å²) in [4.78, 5) is 15.7. The van der Waals surface area contributed by atoms with E-state index in [1.54, 1.807) is 24.5 Å². The molecule has 35 heavy (non-hydrogen) atoms. The van der Waals surface area contributed by atoms with Crippen LogP contribution in [-0.4, -0.2) is 26.4 Å². The van der Waals surface area contributed by atoms with Crippen LogP contribution >= 0.6 is 0 Å². The van der Waals surface area contributed by atoms with Crippen LogP contribution in [0.15, 0.2) is 79.1 Å². The topological polar surface area (TPSA) is 77.2 Å². The van der Waals surface area contributed by atoms with Gasteiger partial charge in [0.05, 0.1) is 17.4 Å². The number of nitrogens with zero attached hydrogens (tertiary/aromatic N) is 4. The van der Waals surface area contributed by atoms with Gasteiger partial charge >= 0.3 is 0 Å². The first-order valence-electron chi connectivity index (χ1n) is 11.9. The van der Waals surface area contributed by atoms with E-state index in [1.807, 2.05) is 36.4 Å². The fourth-order valence-corrected chi connectivity index (χ4v) is 4.63. The Kier molecular flexibility index (Phi) is 6.95. The summed E-state index contributed by atoms with van der Waals surface area (Å²) < 4.78 is 19.7. The molecular formula is C28H28FN5O. The van der Waals surface area contributed by atoms with Crippen molar-refractivity contribution in [2.45, 2.75) is 38.5 Å². The lowest BCUT2D eigenvalue weighted by molar-refractivity contribution is 0.135. The van der Waals surface area contributed by atoms with Gasteiger partial charge in [-0.25, -0.2) is 14.4 Å². The number of likely N-dealkylation sites (tertiary alicyclic amines) is 1. The lowest BCUT2D eigenvalue weighted by Crippen LogP contribution is -2.34. The second-order valence-corrected chi connectivity index (χ2v) is 8.73. The van der Waals surface area contributed by atoms with E-state index in [-0.39, 0.29) is 17.8 Å². The minimum Gasteiger partial charge on any atom is -0.487 e. The van der Waals surface area contributed by atoms with Crippen molar-refractivity contribution in [1.29, 1.82) is 0 Å². The number of benzene rings is 2. The van der Waals surface area contributed by atoms with E-state index in [4.69, 9.17) is 10.5 Å². The number of piperidine rings is 1. The van der Waals surface area contributed by atoms with Crippen LogP contribution in [0, 0.1) is 5.82 Å². The van der Waals surface area contributed by atoms with E-state index in [1.165, 1.54) is 12.1 Å². The molecule has 1 atom stereocenters. The first-order valence-corrected chi connectivity index (χ1v) is 11.9. The van der Waals surface area contributed by atoms with Crippen molar-refractivity contribution in [3.63, 3.8) is 0 Å². The van der Waals surface area contributed by atoms with E-state index >= 15 is 0 Å². The van der Waals surface area contributed by atoms with Crippen molar-refractivity contribution in [3.8, 4) is 16.9 Å². The highest BCUT2D eigenvalue weighted by Crippen LogP contribution is 2.37. The Morgan fingerprint density at radius 1 is 0.971 bits per heavy atom. The fraction of sp³-hybridized carbons (Fsp3) is 0.250. The molecule has 5 rings (SSSR count). The maximum Gasteiger partial charge on any atom is 0.220 e. The van der Waals surface area contributed by atoms with Crippen molar-refractivity contribution in [2.75, 3.05) is 12.3 Å². The molecule has 7 heteroatoms. The van der Waals surface area contributed by atoms with Crippen LogP contribution in [0.25, 0.3) is 11.1 Å². The number of aromatic nitrogens is 3. The second kappa shape index (κ2) is 10.6. The maximum absolute atomic E-state index is 13.6. The molecule has 1 aliphatic heterocycles. The van der Waals surface area contributed by atoms with Gasteiger partial charge < -0.3 is 10.5 Å². The number of anilines is 1. The molecule has 1 aliphatic rings. The molecule has 2 N–H and O–H groups in total. The van der Waals surface area contributed by atoms with Gasteiger partial charge in [0.15, 0.2) is 0 Å². The SMILES string of the molecule is Nc1ncc(-c2ccc(F)cc2)c([C@@H]2CCCCN2Cc2ccccc2OCc2ccccn2)n1. The Morgan fingerprint density at radius 3 is 2.63 bits per heavy atom. The molecule has 178 valence electrons. The van der Waals surface area contributed by atoms with E-state index < -0.39 is 0 Å².